The van der Waals surface area contributed by atoms with E-state index >= 15 is 0 Å². The summed E-state index contributed by atoms with van der Waals surface area (Å²) in [6, 6.07) is 9.58. The fourth-order valence-electron chi connectivity index (χ4n) is 2.86. The van der Waals surface area contributed by atoms with E-state index < -0.39 is 34.7 Å². The zero-order valence-corrected chi connectivity index (χ0v) is 18.7. The Morgan fingerprint density at radius 3 is 2.66 bits per heavy atom. The molecule has 1 unspecified atom stereocenters. The van der Waals surface area contributed by atoms with Crippen molar-refractivity contribution >= 4 is 63.5 Å². The molecule has 2 aromatic rings. The van der Waals surface area contributed by atoms with E-state index in [1.807, 2.05) is 0 Å². The van der Waals surface area contributed by atoms with Crippen molar-refractivity contribution in [2.24, 2.45) is 0 Å². The van der Waals surface area contributed by atoms with Crippen LogP contribution in [0, 0.1) is 0 Å². The van der Waals surface area contributed by atoms with Crippen molar-refractivity contribution in [3.63, 3.8) is 0 Å². The maximum absolute atomic E-state index is 13.2. The van der Waals surface area contributed by atoms with E-state index in [9.17, 15) is 22.8 Å². The third kappa shape index (κ3) is 5.25. The van der Waals surface area contributed by atoms with E-state index in [-0.39, 0.29) is 21.3 Å². The lowest BCUT2D eigenvalue weighted by Crippen LogP contribution is -2.27. The van der Waals surface area contributed by atoms with Gasteiger partial charge in [-0.15, -0.1) is 0 Å². The number of carbonyl (C=O) groups is 2. The summed E-state index contributed by atoms with van der Waals surface area (Å²) in [4.78, 5) is 25.3. The zero-order chi connectivity index (χ0) is 23.6. The number of nitrogens with zero attached hydrogens (tertiary/aromatic N) is 1. The van der Waals surface area contributed by atoms with Gasteiger partial charge in [0.1, 0.15) is 5.75 Å². The number of benzene rings is 2. The van der Waals surface area contributed by atoms with Crippen LogP contribution in [0.4, 0.5) is 18.9 Å². The van der Waals surface area contributed by atoms with Gasteiger partial charge in [0.25, 0.3) is 5.91 Å². The minimum absolute atomic E-state index is 0.0445. The SMILES string of the molecule is CCC(Oc1cccc(/C=C2/SC(=S)N(c3ccc(Cl)c(C(F)(F)F)c3)C2=O)c1)C(=O)O. The molecule has 1 saturated heterocycles. The number of thioether (sulfide) groups is 1. The fraction of sp³-hybridized carbons (Fsp3) is 0.190. The lowest BCUT2D eigenvalue weighted by Gasteiger charge is -2.17. The first kappa shape index (κ1) is 24.1. The number of carbonyl (C=O) groups excluding carboxylic acids is 1. The molecule has 0 saturated carbocycles. The third-order valence-electron chi connectivity index (χ3n) is 4.39. The molecule has 2 aromatic carbocycles. The van der Waals surface area contributed by atoms with E-state index in [2.05, 4.69) is 0 Å². The Morgan fingerprint density at radius 1 is 1.31 bits per heavy atom. The minimum atomic E-state index is -4.68. The normalized spacial score (nSPS) is 16.5. The largest absolute Gasteiger partial charge is 0.479 e. The van der Waals surface area contributed by atoms with Crippen LogP contribution in [0.25, 0.3) is 6.08 Å². The zero-order valence-electron chi connectivity index (χ0n) is 16.4. The van der Waals surface area contributed by atoms with Crippen molar-refractivity contribution in [3.8, 4) is 5.75 Å². The highest BCUT2D eigenvalue weighted by Crippen LogP contribution is 2.41. The summed E-state index contributed by atoms with van der Waals surface area (Å²) >= 11 is 11.8. The highest BCUT2D eigenvalue weighted by Gasteiger charge is 2.37. The van der Waals surface area contributed by atoms with Crippen molar-refractivity contribution in [1.82, 2.24) is 0 Å². The number of carboxylic acid groups (broad SMARTS) is 1. The van der Waals surface area contributed by atoms with Crippen molar-refractivity contribution in [1.29, 1.82) is 0 Å². The third-order valence-corrected chi connectivity index (χ3v) is 6.02. The molecule has 5 nitrogen and oxygen atoms in total. The Kier molecular flexibility index (Phi) is 7.16. The molecule has 3 rings (SSSR count). The first-order chi connectivity index (χ1) is 15.0. The van der Waals surface area contributed by atoms with Gasteiger partial charge >= 0.3 is 12.1 Å². The number of rotatable bonds is 6. The predicted molar refractivity (Wildman–Crippen MR) is 121 cm³/mol. The van der Waals surface area contributed by atoms with Crippen molar-refractivity contribution < 1.29 is 32.6 Å². The second kappa shape index (κ2) is 9.51. The number of alkyl halides is 3. The minimum Gasteiger partial charge on any atom is -0.479 e. The number of thiocarbonyl (C=S) groups is 1. The smallest absolute Gasteiger partial charge is 0.417 e. The van der Waals surface area contributed by atoms with Crippen LogP contribution in [0.5, 0.6) is 5.75 Å². The molecule has 1 N–H and O–H groups in total. The van der Waals surface area contributed by atoms with E-state index in [1.165, 1.54) is 12.1 Å². The summed E-state index contributed by atoms with van der Waals surface area (Å²) in [5.74, 6) is -1.38. The highest BCUT2D eigenvalue weighted by atomic mass is 35.5. The van der Waals surface area contributed by atoms with Crippen LogP contribution in [0.2, 0.25) is 5.02 Å². The average Bonchev–Trinajstić information content (AvgIpc) is 2.99. The first-order valence-corrected chi connectivity index (χ1v) is 10.8. The Morgan fingerprint density at radius 2 is 2.03 bits per heavy atom. The van der Waals surface area contributed by atoms with Gasteiger partial charge in [-0.2, -0.15) is 13.2 Å². The molecular formula is C21H15ClF3NO4S2. The lowest BCUT2D eigenvalue weighted by atomic mass is 10.1. The van der Waals surface area contributed by atoms with Crippen molar-refractivity contribution in [3.05, 3.63) is 63.5 Å². The monoisotopic (exact) mass is 501 g/mol. The molecule has 0 spiro atoms. The van der Waals surface area contributed by atoms with Gasteiger partial charge in [0.05, 0.1) is 21.2 Å². The fourth-order valence-corrected chi connectivity index (χ4v) is 4.39. The molecule has 32 heavy (non-hydrogen) atoms. The van der Waals surface area contributed by atoms with Crippen LogP contribution in [-0.4, -0.2) is 27.4 Å². The van der Waals surface area contributed by atoms with Gasteiger partial charge in [-0.05, 0) is 48.4 Å². The van der Waals surface area contributed by atoms with Gasteiger partial charge < -0.3 is 9.84 Å². The number of carboxylic acids is 1. The summed E-state index contributed by atoms with van der Waals surface area (Å²) < 4.78 is 45.1. The van der Waals surface area contributed by atoms with Gasteiger partial charge in [0, 0.05) is 0 Å². The number of hydrogen-bond donors (Lipinski definition) is 1. The molecule has 1 heterocycles. The maximum atomic E-state index is 13.2. The predicted octanol–water partition coefficient (Wildman–Crippen LogP) is 6.01. The van der Waals surface area contributed by atoms with Crippen molar-refractivity contribution in [2.75, 3.05) is 4.90 Å². The lowest BCUT2D eigenvalue weighted by molar-refractivity contribution is -0.145. The van der Waals surface area contributed by atoms with E-state index in [1.54, 1.807) is 31.2 Å². The molecular weight excluding hydrogens is 487 g/mol. The highest BCUT2D eigenvalue weighted by molar-refractivity contribution is 8.27. The number of anilines is 1. The number of ether oxygens (including phenoxy) is 1. The molecule has 1 atom stereocenters. The van der Waals surface area contributed by atoms with E-state index in [0.29, 0.717) is 11.3 Å². The van der Waals surface area contributed by atoms with Crippen LogP contribution in [0.1, 0.15) is 24.5 Å². The molecule has 168 valence electrons. The second-order valence-electron chi connectivity index (χ2n) is 6.60. The molecule has 0 aromatic heterocycles. The first-order valence-electron chi connectivity index (χ1n) is 9.15. The molecule has 1 aliphatic heterocycles. The van der Waals surface area contributed by atoms with Crippen LogP contribution < -0.4 is 9.64 Å². The van der Waals surface area contributed by atoms with Crippen LogP contribution in [0.3, 0.4) is 0 Å². The number of amides is 1. The number of halogens is 4. The standard InChI is InChI=1S/C21H15ClF3NO4S2/c1-2-16(19(28)29)30-13-5-3-4-11(8-13)9-17-18(27)26(20(31)32-17)12-6-7-15(22)14(10-12)21(23,24)25/h3-10,16H,2H2,1H3,(H,28,29)/b17-9+. The average molecular weight is 502 g/mol. The van der Waals surface area contributed by atoms with Crippen molar-refractivity contribution in [2.45, 2.75) is 25.6 Å². The Hall–Kier alpha value is -2.56. The summed E-state index contributed by atoms with van der Waals surface area (Å²) in [5.41, 5.74) is -0.573. The Balaban J connectivity index is 1.88. The number of hydrogen-bond acceptors (Lipinski definition) is 5. The second-order valence-corrected chi connectivity index (χ2v) is 8.69. The van der Waals surface area contributed by atoms with E-state index in [0.717, 1.165) is 28.8 Å². The molecule has 11 heteroatoms. The van der Waals surface area contributed by atoms with Gasteiger partial charge in [0.15, 0.2) is 10.4 Å². The van der Waals surface area contributed by atoms with Crippen LogP contribution in [-0.2, 0) is 15.8 Å². The quantitative estimate of drug-likeness (QED) is 0.386. The summed E-state index contributed by atoms with van der Waals surface area (Å²) in [6.45, 7) is 1.68. The summed E-state index contributed by atoms with van der Waals surface area (Å²) in [7, 11) is 0. The molecule has 0 bridgehead atoms. The van der Waals surface area contributed by atoms with Crippen LogP contribution in [0.15, 0.2) is 47.4 Å². The van der Waals surface area contributed by atoms with E-state index in [4.69, 9.17) is 33.7 Å². The molecule has 0 radical (unpaired) electrons. The van der Waals surface area contributed by atoms with Gasteiger partial charge in [-0.3, -0.25) is 9.69 Å². The van der Waals surface area contributed by atoms with Gasteiger partial charge in [-0.25, -0.2) is 4.79 Å². The van der Waals surface area contributed by atoms with Crippen LogP contribution >= 0.6 is 35.6 Å². The summed E-state index contributed by atoms with van der Waals surface area (Å²) in [6.07, 6.45) is -3.93. The Labute approximate surface area is 195 Å². The Bertz CT molecular complexity index is 1120. The number of aliphatic carboxylic acids is 1. The molecule has 1 aliphatic rings. The summed E-state index contributed by atoms with van der Waals surface area (Å²) in [5, 5.41) is 8.66. The topological polar surface area (TPSA) is 66.8 Å². The van der Waals surface area contributed by atoms with Gasteiger partial charge in [-0.1, -0.05) is 54.6 Å². The van der Waals surface area contributed by atoms with Gasteiger partial charge in [0.2, 0.25) is 0 Å². The molecule has 1 amide bonds. The maximum Gasteiger partial charge on any atom is 0.417 e. The molecule has 0 aliphatic carbocycles. The molecule has 1 fully saturated rings.